The van der Waals surface area contributed by atoms with Gasteiger partial charge in [0.15, 0.2) is 0 Å². The Kier molecular flexibility index (Phi) is 5.74. The fourth-order valence-electron chi connectivity index (χ4n) is 1.72. The molecule has 2 aromatic rings. The van der Waals surface area contributed by atoms with Crippen molar-refractivity contribution < 1.29 is 4.74 Å². The first-order valence-electron chi connectivity index (χ1n) is 7.10. The predicted octanol–water partition coefficient (Wildman–Crippen LogP) is 2.94. The maximum absolute atomic E-state index is 5.11. The molecule has 21 heavy (non-hydrogen) atoms. The van der Waals surface area contributed by atoms with E-state index in [-0.39, 0.29) is 0 Å². The molecule has 0 aromatic carbocycles. The summed E-state index contributed by atoms with van der Waals surface area (Å²) in [6.07, 6.45) is 2.07. The highest BCUT2D eigenvalue weighted by Gasteiger charge is 2.07. The number of hydrogen-bond acceptors (Lipinski definition) is 7. The third-order valence-corrected chi connectivity index (χ3v) is 4.05. The molecule has 0 aliphatic carbocycles. The molecule has 0 saturated heterocycles. The van der Waals surface area contributed by atoms with E-state index in [2.05, 4.69) is 51.6 Å². The Balaban J connectivity index is 2.03. The monoisotopic (exact) mass is 307 g/mol. The van der Waals surface area contributed by atoms with Crippen molar-refractivity contribution in [2.24, 2.45) is 0 Å². The zero-order valence-corrected chi connectivity index (χ0v) is 13.5. The van der Waals surface area contributed by atoms with Crippen LogP contribution in [-0.4, -0.2) is 28.6 Å². The molecular formula is C14H21N5OS. The van der Waals surface area contributed by atoms with Crippen LogP contribution in [0.15, 0.2) is 12.1 Å². The second-order valence-corrected chi connectivity index (χ2v) is 5.72. The zero-order chi connectivity index (χ0) is 15.1. The average Bonchev–Trinajstić information content (AvgIpc) is 2.98. The van der Waals surface area contributed by atoms with E-state index in [9.17, 15) is 0 Å². The van der Waals surface area contributed by atoms with Gasteiger partial charge in [-0.25, -0.2) is 0 Å². The third kappa shape index (κ3) is 4.56. The lowest BCUT2D eigenvalue weighted by Gasteiger charge is -2.08. The average molecular weight is 307 g/mol. The van der Waals surface area contributed by atoms with Crippen molar-refractivity contribution in [2.75, 3.05) is 24.3 Å². The number of nitrogens with one attached hydrogen (secondary N) is 2. The highest BCUT2D eigenvalue weighted by molar-refractivity contribution is 7.12. The third-order valence-electron chi connectivity index (χ3n) is 2.82. The quantitative estimate of drug-likeness (QED) is 0.781. The summed E-state index contributed by atoms with van der Waals surface area (Å²) in [5.74, 6) is 1.05. The van der Waals surface area contributed by atoms with Gasteiger partial charge in [-0.2, -0.15) is 15.0 Å². The first-order valence-corrected chi connectivity index (χ1v) is 7.92. The van der Waals surface area contributed by atoms with Gasteiger partial charge in [0.2, 0.25) is 11.9 Å². The van der Waals surface area contributed by atoms with Crippen LogP contribution in [0.1, 0.15) is 30.0 Å². The molecule has 0 unspecified atom stereocenters. The fraction of sp³-hybridized carbons (Fsp3) is 0.500. The second-order valence-electron chi connectivity index (χ2n) is 4.47. The number of aryl methyl sites for hydroxylation is 1. The molecule has 2 rings (SSSR count). The van der Waals surface area contributed by atoms with Crippen LogP contribution in [0, 0.1) is 0 Å². The number of aromatic nitrogens is 3. The normalized spacial score (nSPS) is 10.4. The maximum atomic E-state index is 5.11. The van der Waals surface area contributed by atoms with Gasteiger partial charge in [-0.3, -0.25) is 0 Å². The van der Waals surface area contributed by atoms with Gasteiger partial charge >= 0.3 is 6.01 Å². The lowest BCUT2D eigenvalue weighted by atomic mass is 10.4. The Morgan fingerprint density at radius 3 is 2.38 bits per heavy atom. The van der Waals surface area contributed by atoms with Crippen molar-refractivity contribution in [3.63, 3.8) is 0 Å². The highest BCUT2D eigenvalue weighted by Crippen LogP contribution is 2.18. The van der Waals surface area contributed by atoms with Crippen molar-refractivity contribution in [3.8, 4) is 6.01 Å². The minimum atomic E-state index is 0.312. The van der Waals surface area contributed by atoms with Crippen molar-refractivity contribution in [2.45, 2.75) is 33.2 Å². The number of anilines is 2. The van der Waals surface area contributed by atoms with Gasteiger partial charge < -0.3 is 15.4 Å². The van der Waals surface area contributed by atoms with Crippen LogP contribution in [0.5, 0.6) is 6.01 Å². The van der Waals surface area contributed by atoms with Crippen molar-refractivity contribution in [1.29, 1.82) is 0 Å². The Bertz CT molecular complexity index is 572. The van der Waals surface area contributed by atoms with Gasteiger partial charge in [0, 0.05) is 16.3 Å². The Labute approximate surface area is 129 Å². The molecular weight excluding hydrogens is 286 g/mol. The standard InChI is InChI=1S/C14H21N5OS/c1-4-8-15-12-17-13(19-14(18-12)20-3)16-9-11-7-6-10(5-2)21-11/h6-7H,4-5,8-9H2,1-3H3,(H2,15,16,17,18,19). The first-order chi connectivity index (χ1) is 10.2. The van der Waals surface area contributed by atoms with Crippen LogP contribution in [0.4, 0.5) is 11.9 Å². The SMILES string of the molecule is CCCNc1nc(NCc2ccc(CC)s2)nc(OC)n1. The molecule has 2 heterocycles. The smallest absolute Gasteiger partial charge is 0.322 e. The van der Waals surface area contributed by atoms with Crippen molar-refractivity contribution >= 4 is 23.2 Å². The number of hydrogen-bond donors (Lipinski definition) is 2. The first kappa shape index (κ1) is 15.5. The number of nitrogens with zero attached hydrogens (tertiary/aromatic N) is 3. The molecule has 114 valence electrons. The Morgan fingerprint density at radius 2 is 1.76 bits per heavy atom. The molecule has 0 aliphatic heterocycles. The van der Waals surface area contributed by atoms with E-state index < -0.39 is 0 Å². The predicted molar refractivity (Wildman–Crippen MR) is 86.2 cm³/mol. The fourth-order valence-corrected chi connectivity index (χ4v) is 2.61. The summed E-state index contributed by atoms with van der Waals surface area (Å²) in [4.78, 5) is 15.4. The largest absolute Gasteiger partial charge is 0.467 e. The van der Waals surface area contributed by atoms with Crippen LogP contribution < -0.4 is 15.4 Å². The zero-order valence-electron chi connectivity index (χ0n) is 12.6. The summed E-state index contributed by atoms with van der Waals surface area (Å²) in [5, 5.41) is 6.36. The van der Waals surface area contributed by atoms with E-state index in [0.29, 0.717) is 24.5 Å². The van der Waals surface area contributed by atoms with E-state index in [1.165, 1.54) is 9.75 Å². The van der Waals surface area contributed by atoms with E-state index in [1.54, 1.807) is 18.4 Å². The Morgan fingerprint density at radius 1 is 1.05 bits per heavy atom. The minimum absolute atomic E-state index is 0.312. The van der Waals surface area contributed by atoms with Gasteiger partial charge in [0.05, 0.1) is 13.7 Å². The van der Waals surface area contributed by atoms with E-state index in [0.717, 1.165) is 19.4 Å². The lowest BCUT2D eigenvalue weighted by molar-refractivity contribution is 0.379. The number of rotatable bonds is 8. The summed E-state index contributed by atoms with van der Waals surface area (Å²) in [6, 6.07) is 4.60. The summed E-state index contributed by atoms with van der Waals surface area (Å²) in [5.41, 5.74) is 0. The van der Waals surface area contributed by atoms with Crippen LogP contribution in [0.3, 0.4) is 0 Å². The van der Waals surface area contributed by atoms with Gasteiger partial charge in [-0.15, -0.1) is 11.3 Å². The molecule has 0 aliphatic rings. The molecule has 0 bridgehead atoms. The van der Waals surface area contributed by atoms with Crippen LogP contribution >= 0.6 is 11.3 Å². The van der Waals surface area contributed by atoms with Gasteiger partial charge in [-0.1, -0.05) is 13.8 Å². The second kappa shape index (κ2) is 7.78. The number of ether oxygens (including phenoxy) is 1. The number of thiophene rings is 1. The highest BCUT2D eigenvalue weighted by atomic mass is 32.1. The van der Waals surface area contributed by atoms with Crippen molar-refractivity contribution in [1.82, 2.24) is 15.0 Å². The molecule has 6 nitrogen and oxygen atoms in total. The molecule has 0 saturated carbocycles. The van der Waals surface area contributed by atoms with Crippen molar-refractivity contribution in [3.05, 3.63) is 21.9 Å². The van der Waals surface area contributed by atoms with Gasteiger partial charge in [-0.05, 0) is 25.0 Å². The Hall–Kier alpha value is -1.89. The van der Waals surface area contributed by atoms with Gasteiger partial charge in [0.25, 0.3) is 0 Å². The lowest BCUT2D eigenvalue weighted by Crippen LogP contribution is -2.10. The van der Waals surface area contributed by atoms with E-state index in [1.807, 2.05) is 0 Å². The molecule has 2 N–H and O–H groups in total. The number of methoxy groups -OCH3 is 1. The molecule has 0 radical (unpaired) electrons. The molecule has 0 fully saturated rings. The molecule has 0 amide bonds. The topological polar surface area (TPSA) is 72.0 Å². The molecule has 0 atom stereocenters. The van der Waals surface area contributed by atoms with E-state index in [4.69, 9.17) is 4.74 Å². The summed E-state index contributed by atoms with van der Waals surface area (Å²) in [7, 11) is 1.55. The van der Waals surface area contributed by atoms with Crippen LogP contribution in [-0.2, 0) is 13.0 Å². The van der Waals surface area contributed by atoms with Gasteiger partial charge in [0.1, 0.15) is 0 Å². The summed E-state index contributed by atoms with van der Waals surface area (Å²) in [6.45, 7) is 5.76. The molecule has 2 aromatic heterocycles. The molecule has 7 heteroatoms. The van der Waals surface area contributed by atoms with E-state index >= 15 is 0 Å². The summed E-state index contributed by atoms with van der Waals surface area (Å²) >= 11 is 1.80. The van der Waals surface area contributed by atoms with Crippen LogP contribution in [0.25, 0.3) is 0 Å². The van der Waals surface area contributed by atoms with Crippen LogP contribution in [0.2, 0.25) is 0 Å². The summed E-state index contributed by atoms with van der Waals surface area (Å²) < 4.78 is 5.11. The molecule has 0 spiro atoms. The maximum Gasteiger partial charge on any atom is 0.322 e. The minimum Gasteiger partial charge on any atom is -0.467 e.